The maximum Gasteiger partial charge on any atom is 0.296 e. The summed E-state index contributed by atoms with van der Waals surface area (Å²) in [5.41, 5.74) is 0.967. The number of rotatable bonds is 9. The average molecular weight is 507 g/mol. The van der Waals surface area contributed by atoms with Gasteiger partial charge in [-0.25, -0.2) is 9.37 Å². The van der Waals surface area contributed by atoms with Gasteiger partial charge >= 0.3 is 0 Å². The Balaban J connectivity index is 1.55. The number of furan rings is 1. The van der Waals surface area contributed by atoms with E-state index in [0.29, 0.717) is 28.1 Å². The van der Waals surface area contributed by atoms with Gasteiger partial charge in [0.1, 0.15) is 11.6 Å². The van der Waals surface area contributed by atoms with Crippen LogP contribution in [0.15, 0.2) is 76.6 Å². The second-order valence-electron chi connectivity index (χ2n) is 8.38. The molecule has 36 heavy (non-hydrogen) atoms. The number of carbonyl (C=O) groups excluding carboxylic acids is 2. The molecule has 3 heterocycles. The number of hydrogen-bond acceptors (Lipinski definition) is 7. The van der Waals surface area contributed by atoms with Crippen LogP contribution in [0.4, 0.5) is 9.52 Å². The lowest BCUT2D eigenvalue weighted by atomic mass is 9.95. The highest BCUT2D eigenvalue weighted by molar-refractivity contribution is 7.22. The number of nitrogens with zero attached hydrogens (tertiary/aromatic N) is 2. The van der Waals surface area contributed by atoms with Crippen LogP contribution in [-0.4, -0.2) is 28.4 Å². The molecule has 1 aliphatic heterocycles. The molecule has 1 N–H and O–H groups in total. The number of amides is 1. The molecule has 184 valence electrons. The molecule has 2 aromatic heterocycles. The van der Waals surface area contributed by atoms with Crippen molar-refractivity contribution in [1.29, 1.82) is 0 Å². The summed E-state index contributed by atoms with van der Waals surface area (Å²) in [5, 5.41) is 11.1. The number of anilines is 1. The molecule has 0 saturated carbocycles. The minimum atomic E-state index is -0.963. The molecule has 0 spiro atoms. The Morgan fingerprint density at radius 2 is 2.00 bits per heavy atom. The topological polar surface area (TPSA) is 92.9 Å². The molecule has 0 fully saturated rings. The van der Waals surface area contributed by atoms with E-state index in [1.165, 1.54) is 35.4 Å². The van der Waals surface area contributed by atoms with E-state index in [2.05, 4.69) is 11.9 Å². The number of carbonyl (C=O) groups is 2. The van der Waals surface area contributed by atoms with E-state index in [0.717, 1.165) is 30.6 Å². The van der Waals surface area contributed by atoms with Crippen molar-refractivity contribution in [1.82, 2.24) is 4.98 Å². The van der Waals surface area contributed by atoms with Crippen molar-refractivity contribution in [3.8, 4) is 5.75 Å². The number of aliphatic hydroxyl groups excluding tert-OH is 1. The van der Waals surface area contributed by atoms with Crippen molar-refractivity contribution in [2.45, 2.75) is 32.2 Å². The van der Waals surface area contributed by atoms with Crippen LogP contribution in [0.2, 0.25) is 0 Å². The number of halogens is 1. The van der Waals surface area contributed by atoms with Crippen LogP contribution in [0.3, 0.4) is 0 Å². The number of thiazole rings is 1. The zero-order valence-electron chi connectivity index (χ0n) is 19.4. The molecule has 2 aromatic carbocycles. The van der Waals surface area contributed by atoms with Crippen LogP contribution in [0.1, 0.15) is 48.3 Å². The summed E-state index contributed by atoms with van der Waals surface area (Å²) < 4.78 is 25.4. The van der Waals surface area contributed by atoms with Crippen LogP contribution in [0.5, 0.6) is 5.75 Å². The molecule has 0 aliphatic carbocycles. The third kappa shape index (κ3) is 4.37. The first-order chi connectivity index (χ1) is 17.5. The molecule has 9 heteroatoms. The largest absolute Gasteiger partial charge is 0.503 e. The molecule has 5 rings (SSSR count). The molecule has 7 nitrogen and oxygen atoms in total. The van der Waals surface area contributed by atoms with E-state index in [-0.39, 0.29) is 16.5 Å². The molecule has 4 aromatic rings. The molecule has 1 atom stereocenters. The lowest BCUT2D eigenvalue weighted by Gasteiger charge is -2.24. The Morgan fingerprint density at radius 1 is 1.19 bits per heavy atom. The van der Waals surface area contributed by atoms with Crippen LogP contribution < -0.4 is 9.64 Å². The first-order valence-corrected chi connectivity index (χ1v) is 12.4. The number of aliphatic hydroxyl groups is 1. The van der Waals surface area contributed by atoms with Gasteiger partial charge in [-0.3, -0.25) is 14.5 Å². The molecule has 1 aliphatic rings. The summed E-state index contributed by atoms with van der Waals surface area (Å²) in [4.78, 5) is 32.4. The highest BCUT2D eigenvalue weighted by Gasteiger charge is 2.46. The fourth-order valence-corrected chi connectivity index (χ4v) is 5.19. The van der Waals surface area contributed by atoms with Crippen molar-refractivity contribution in [3.05, 3.63) is 89.3 Å². The van der Waals surface area contributed by atoms with Crippen molar-refractivity contribution >= 4 is 38.4 Å². The van der Waals surface area contributed by atoms with E-state index in [9.17, 15) is 19.1 Å². The first-order valence-electron chi connectivity index (χ1n) is 11.6. The van der Waals surface area contributed by atoms with Gasteiger partial charge in [0.2, 0.25) is 5.78 Å². The first kappa shape index (κ1) is 23.7. The molecular formula is C27H23FN2O5S. The minimum absolute atomic E-state index is 0.00144. The van der Waals surface area contributed by atoms with Crippen molar-refractivity contribution in [3.63, 3.8) is 0 Å². The Kier molecular flexibility index (Phi) is 6.56. The highest BCUT2D eigenvalue weighted by atomic mass is 32.1. The molecule has 1 amide bonds. The second kappa shape index (κ2) is 9.94. The van der Waals surface area contributed by atoms with E-state index in [1.807, 2.05) is 0 Å². The van der Waals surface area contributed by atoms with Gasteiger partial charge in [-0.1, -0.05) is 43.2 Å². The molecule has 1 unspecified atom stereocenters. The van der Waals surface area contributed by atoms with E-state index in [4.69, 9.17) is 9.15 Å². The van der Waals surface area contributed by atoms with Gasteiger partial charge < -0.3 is 14.3 Å². The van der Waals surface area contributed by atoms with E-state index < -0.39 is 29.3 Å². The number of fused-ring (bicyclic) bond motifs is 1. The second-order valence-corrected chi connectivity index (χ2v) is 9.39. The fourth-order valence-electron chi connectivity index (χ4n) is 4.17. The number of Topliss-reactive ketones (excluding diaryl/α,β-unsaturated/α-hetero) is 1. The Bertz CT molecular complexity index is 1440. The van der Waals surface area contributed by atoms with Gasteiger partial charge in [-0.15, -0.1) is 0 Å². The quantitative estimate of drug-likeness (QED) is 0.209. The highest BCUT2D eigenvalue weighted by Crippen LogP contribution is 2.44. The summed E-state index contributed by atoms with van der Waals surface area (Å²) in [6, 6.07) is 13.2. The third-order valence-electron chi connectivity index (χ3n) is 5.96. The Hall–Kier alpha value is -3.98. The fraction of sp³-hybridized carbons (Fsp3) is 0.222. The Labute approximate surface area is 210 Å². The van der Waals surface area contributed by atoms with Gasteiger partial charge in [0.15, 0.2) is 16.7 Å². The smallest absolute Gasteiger partial charge is 0.296 e. The normalized spacial score (nSPS) is 15.8. The average Bonchev–Trinajstić information content (AvgIpc) is 3.61. The van der Waals surface area contributed by atoms with Crippen LogP contribution in [-0.2, 0) is 4.79 Å². The Morgan fingerprint density at radius 3 is 2.72 bits per heavy atom. The summed E-state index contributed by atoms with van der Waals surface area (Å²) in [6.45, 7) is 2.71. The molecule has 0 saturated heterocycles. The van der Waals surface area contributed by atoms with Crippen molar-refractivity contribution in [2.75, 3.05) is 11.5 Å². The zero-order valence-corrected chi connectivity index (χ0v) is 20.3. The predicted octanol–water partition coefficient (Wildman–Crippen LogP) is 6.38. The predicted molar refractivity (Wildman–Crippen MR) is 134 cm³/mol. The summed E-state index contributed by atoms with van der Waals surface area (Å²) in [7, 11) is 0. The third-order valence-corrected chi connectivity index (χ3v) is 6.97. The van der Waals surface area contributed by atoms with Crippen LogP contribution in [0.25, 0.3) is 10.2 Å². The number of hydrogen-bond donors (Lipinski definition) is 1. The number of ketones is 1. The van der Waals surface area contributed by atoms with Crippen molar-refractivity contribution < 1.29 is 28.2 Å². The number of aromatic nitrogens is 1. The van der Waals surface area contributed by atoms with Gasteiger partial charge in [-0.05, 0) is 54.4 Å². The van der Waals surface area contributed by atoms with Gasteiger partial charge in [0.25, 0.3) is 5.91 Å². The van der Waals surface area contributed by atoms with Crippen LogP contribution in [0, 0.1) is 5.82 Å². The number of benzene rings is 2. The standard InChI is InChI=1S/C27H23FN2O5S/c1-2-3-4-13-34-18-10-7-16(8-11-18)23-22(24(31)20-6-5-14-35-20)25(32)26(33)30(23)27-29-19-12-9-17(28)15-21(19)36-27/h5-12,14-15,23,32H,2-4,13H2,1H3. The van der Waals surface area contributed by atoms with E-state index >= 15 is 0 Å². The number of unbranched alkanes of at least 4 members (excludes halogenated alkanes) is 2. The lowest BCUT2D eigenvalue weighted by molar-refractivity contribution is -0.117. The van der Waals surface area contributed by atoms with Gasteiger partial charge in [0, 0.05) is 0 Å². The molecular weight excluding hydrogens is 483 g/mol. The van der Waals surface area contributed by atoms with Crippen LogP contribution >= 0.6 is 11.3 Å². The van der Waals surface area contributed by atoms with Gasteiger partial charge in [0.05, 0.1) is 34.7 Å². The maximum atomic E-state index is 13.8. The maximum absolute atomic E-state index is 13.8. The SMILES string of the molecule is CCCCCOc1ccc(C2C(C(=O)c3ccco3)=C(O)C(=O)N2c2nc3ccc(F)cc3s2)cc1. The number of ether oxygens (including phenoxy) is 1. The monoisotopic (exact) mass is 506 g/mol. The lowest BCUT2D eigenvalue weighted by Crippen LogP contribution is -2.30. The summed E-state index contributed by atoms with van der Waals surface area (Å²) in [5.74, 6) is -1.82. The zero-order chi connectivity index (χ0) is 25.2. The van der Waals surface area contributed by atoms with Crippen molar-refractivity contribution in [2.24, 2.45) is 0 Å². The molecule has 0 radical (unpaired) electrons. The van der Waals surface area contributed by atoms with E-state index in [1.54, 1.807) is 30.3 Å². The molecule has 0 bridgehead atoms. The minimum Gasteiger partial charge on any atom is -0.503 e. The summed E-state index contributed by atoms with van der Waals surface area (Å²) >= 11 is 1.10. The summed E-state index contributed by atoms with van der Waals surface area (Å²) in [6.07, 6.45) is 4.46. The van der Waals surface area contributed by atoms with Gasteiger partial charge in [-0.2, -0.15) is 0 Å².